The number of carbonyl (C=O) groups is 1. The molecule has 0 N–H and O–H groups in total. The zero-order valence-corrected chi connectivity index (χ0v) is 12.4. The van der Waals surface area contributed by atoms with E-state index < -0.39 is 0 Å². The summed E-state index contributed by atoms with van der Waals surface area (Å²) in [5, 5.41) is 0. The first-order chi connectivity index (χ1) is 9.47. The summed E-state index contributed by atoms with van der Waals surface area (Å²) in [6, 6.07) is 8.03. The highest BCUT2D eigenvalue weighted by Crippen LogP contribution is 2.21. The van der Waals surface area contributed by atoms with Crippen molar-refractivity contribution in [2.24, 2.45) is 10.9 Å². The van der Waals surface area contributed by atoms with E-state index in [0.29, 0.717) is 0 Å². The van der Waals surface area contributed by atoms with Crippen LogP contribution < -0.4 is 4.90 Å². The highest BCUT2D eigenvalue weighted by Gasteiger charge is 2.15. The van der Waals surface area contributed by atoms with Crippen LogP contribution in [0.4, 0.5) is 11.4 Å². The molecule has 0 atom stereocenters. The molecule has 1 aromatic carbocycles. The number of hydrogen-bond donors (Lipinski definition) is 0. The lowest BCUT2D eigenvalue weighted by molar-refractivity contribution is -0.111. The molecule has 1 aromatic rings. The van der Waals surface area contributed by atoms with Crippen molar-refractivity contribution in [3.63, 3.8) is 0 Å². The van der Waals surface area contributed by atoms with Gasteiger partial charge in [-0.2, -0.15) is 0 Å². The minimum atomic E-state index is 0.0851. The Morgan fingerprint density at radius 1 is 1.05 bits per heavy atom. The Hall–Kier alpha value is -2.16. The summed E-state index contributed by atoms with van der Waals surface area (Å²) in [6.07, 6.45) is 5.25. The highest BCUT2D eigenvalue weighted by atomic mass is 16.1. The summed E-state index contributed by atoms with van der Waals surface area (Å²) in [5.74, 6) is 0.302. The van der Waals surface area contributed by atoms with Crippen LogP contribution in [-0.4, -0.2) is 25.6 Å². The van der Waals surface area contributed by atoms with Gasteiger partial charge in [0.25, 0.3) is 0 Å². The molecular formula is C17H20N2O. The molecule has 3 nitrogen and oxygen atoms in total. The van der Waals surface area contributed by atoms with Gasteiger partial charge in [0.2, 0.25) is 0 Å². The molecule has 104 valence electrons. The SMILES string of the molecule is CC(C)C1=CC(=Nc2ccc(N(C)C)cc2)C=CC1=O. The van der Waals surface area contributed by atoms with Gasteiger partial charge in [0, 0.05) is 25.4 Å². The van der Waals surface area contributed by atoms with Gasteiger partial charge >= 0.3 is 0 Å². The van der Waals surface area contributed by atoms with E-state index in [2.05, 4.69) is 4.99 Å². The van der Waals surface area contributed by atoms with E-state index in [1.807, 2.05) is 63.2 Å². The van der Waals surface area contributed by atoms with Crippen LogP contribution in [0.1, 0.15) is 13.8 Å². The van der Waals surface area contributed by atoms with Crippen LogP contribution in [0, 0.1) is 5.92 Å². The van der Waals surface area contributed by atoms with Crippen molar-refractivity contribution in [1.29, 1.82) is 0 Å². The average Bonchev–Trinajstić information content (AvgIpc) is 2.41. The molecule has 2 rings (SSSR count). The van der Waals surface area contributed by atoms with E-state index in [4.69, 9.17) is 0 Å². The standard InChI is InChI=1S/C17H20N2O/c1-12(2)16-11-14(7-10-17(16)20)18-13-5-8-15(9-6-13)19(3)4/h5-12H,1-4H3. The quantitative estimate of drug-likeness (QED) is 0.785. The number of nitrogens with zero attached hydrogens (tertiary/aromatic N) is 2. The van der Waals surface area contributed by atoms with Crippen molar-refractivity contribution in [3.05, 3.63) is 48.1 Å². The van der Waals surface area contributed by atoms with Gasteiger partial charge in [0.15, 0.2) is 5.78 Å². The predicted octanol–water partition coefficient (Wildman–Crippen LogP) is 3.55. The molecule has 0 aliphatic heterocycles. The fourth-order valence-corrected chi connectivity index (χ4v) is 2.03. The molecule has 0 aromatic heterocycles. The first-order valence-electron chi connectivity index (χ1n) is 6.77. The Bertz CT molecular complexity index is 590. The molecule has 1 aliphatic carbocycles. The maximum Gasteiger partial charge on any atom is 0.182 e. The topological polar surface area (TPSA) is 32.7 Å². The fourth-order valence-electron chi connectivity index (χ4n) is 2.03. The lowest BCUT2D eigenvalue weighted by Crippen LogP contribution is -2.12. The Balaban J connectivity index is 2.27. The molecule has 0 radical (unpaired) electrons. The fraction of sp³-hybridized carbons (Fsp3) is 0.294. The number of rotatable bonds is 3. The van der Waals surface area contributed by atoms with Gasteiger partial charge in [-0.05, 0) is 48.4 Å². The zero-order chi connectivity index (χ0) is 14.7. The van der Waals surface area contributed by atoms with Crippen LogP contribution in [0.15, 0.2) is 53.1 Å². The third kappa shape index (κ3) is 3.23. The Labute approximate surface area is 120 Å². The van der Waals surface area contributed by atoms with E-state index in [1.165, 1.54) is 0 Å². The van der Waals surface area contributed by atoms with E-state index in [-0.39, 0.29) is 11.7 Å². The van der Waals surface area contributed by atoms with E-state index in [0.717, 1.165) is 22.7 Å². The van der Waals surface area contributed by atoms with E-state index in [9.17, 15) is 4.79 Å². The molecule has 0 bridgehead atoms. The van der Waals surface area contributed by atoms with Crippen molar-refractivity contribution in [3.8, 4) is 0 Å². The first-order valence-corrected chi connectivity index (χ1v) is 6.77. The van der Waals surface area contributed by atoms with E-state index >= 15 is 0 Å². The van der Waals surface area contributed by atoms with Crippen LogP contribution in [-0.2, 0) is 4.79 Å². The molecule has 3 heteroatoms. The zero-order valence-electron chi connectivity index (χ0n) is 12.4. The number of ketones is 1. The summed E-state index contributed by atoms with van der Waals surface area (Å²) in [7, 11) is 4.02. The lowest BCUT2D eigenvalue weighted by Gasteiger charge is -2.13. The number of allylic oxidation sites excluding steroid dienone is 4. The maximum atomic E-state index is 11.7. The van der Waals surface area contributed by atoms with Crippen LogP contribution in [0.5, 0.6) is 0 Å². The summed E-state index contributed by atoms with van der Waals surface area (Å²) in [5.41, 5.74) is 3.67. The second-order valence-corrected chi connectivity index (χ2v) is 5.40. The van der Waals surface area contributed by atoms with Crippen LogP contribution in [0.25, 0.3) is 0 Å². The second-order valence-electron chi connectivity index (χ2n) is 5.40. The summed E-state index contributed by atoms with van der Waals surface area (Å²) < 4.78 is 0. The number of benzene rings is 1. The largest absolute Gasteiger partial charge is 0.378 e. The van der Waals surface area contributed by atoms with Crippen molar-refractivity contribution in [1.82, 2.24) is 0 Å². The van der Waals surface area contributed by atoms with Crippen molar-refractivity contribution in [2.75, 3.05) is 19.0 Å². The van der Waals surface area contributed by atoms with Crippen LogP contribution in [0.2, 0.25) is 0 Å². The van der Waals surface area contributed by atoms with Gasteiger partial charge in [-0.25, -0.2) is 4.99 Å². The molecule has 0 heterocycles. The van der Waals surface area contributed by atoms with Crippen LogP contribution in [0.3, 0.4) is 0 Å². The second kappa shape index (κ2) is 5.87. The number of carbonyl (C=O) groups excluding carboxylic acids is 1. The van der Waals surface area contributed by atoms with Gasteiger partial charge < -0.3 is 4.90 Å². The first kappa shape index (κ1) is 14.3. The van der Waals surface area contributed by atoms with E-state index in [1.54, 1.807) is 12.2 Å². The molecule has 0 saturated heterocycles. The predicted molar refractivity (Wildman–Crippen MR) is 84.9 cm³/mol. The van der Waals surface area contributed by atoms with Gasteiger partial charge in [0.05, 0.1) is 11.4 Å². The minimum absolute atomic E-state index is 0.0851. The third-order valence-electron chi connectivity index (χ3n) is 3.24. The summed E-state index contributed by atoms with van der Waals surface area (Å²) in [4.78, 5) is 18.4. The minimum Gasteiger partial charge on any atom is -0.378 e. The van der Waals surface area contributed by atoms with Crippen molar-refractivity contribution in [2.45, 2.75) is 13.8 Å². The molecule has 0 unspecified atom stereocenters. The van der Waals surface area contributed by atoms with Crippen molar-refractivity contribution < 1.29 is 4.79 Å². The molecule has 0 saturated carbocycles. The monoisotopic (exact) mass is 268 g/mol. The highest BCUT2D eigenvalue weighted by molar-refractivity contribution is 6.19. The number of aliphatic imine (C=N–C) groups is 1. The smallest absolute Gasteiger partial charge is 0.182 e. The Morgan fingerprint density at radius 3 is 2.25 bits per heavy atom. The Kier molecular flexibility index (Phi) is 4.18. The van der Waals surface area contributed by atoms with Crippen molar-refractivity contribution >= 4 is 22.9 Å². The Morgan fingerprint density at radius 2 is 1.70 bits per heavy atom. The molecule has 20 heavy (non-hydrogen) atoms. The number of anilines is 1. The molecule has 0 amide bonds. The number of hydrogen-bond acceptors (Lipinski definition) is 3. The van der Waals surface area contributed by atoms with Gasteiger partial charge in [-0.3, -0.25) is 4.79 Å². The third-order valence-corrected chi connectivity index (χ3v) is 3.24. The van der Waals surface area contributed by atoms with Gasteiger partial charge in [-0.1, -0.05) is 13.8 Å². The average molecular weight is 268 g/mol. The van der Waals surface area contributed by atoms with Crippen LogP contribution >= 0.6 is 0 Å². The molecule has 0 fully saturated rings. The normalized spacial score (nSPS) is 16.8. The van der Waals surface area contributed by atoms with Gasteiger partial charge in [-0.15, -0.1) is 0 Å². The molecule has 1 aliphatic rings. The summed E-state index contributed by atoms with van der Waals surface area (Å²) in [6.45, 7) is 4.04. The molecule has 0 spiro atoms. The van der Waals surface area contributed by atoms with Gasteiger partial charge in [0.1, 0.15) is 0 Å². The molecular weight excluding hydrogens is 248 g/mol. The maximum absolute atomic E-state index is 11.7. The lowest BCUT2D eigenvalue weighted by atomic mass is 9.93. The summed E-state index contributed by atoms with van der Waals surface area (Å²) >= 11 is 0.